The Morgan fingerprint density at radius 3 is 2.28 bits per heavy atom. The summed E-state index contributed by atoms with van der Waals surface area (Å²) in [6, 6.07) is 9.96. The lowest BCUT2D eigenvalue weighted by molar-refractivity contribution is 0.271. The van der Waals surface area contributed by atoms with Crippen molar-refractivity contribution in [3.63, 3.8) is 0 Å². The molecule has 0 heterocycles. The SMILES string of the molecule is CCC(C)N([B]c1cccc(SC)c1)C(C)CC. The summed E-state index contributed by atoms with van der Waals surface area (Å²) in [4.78, 5) is 3.83. The van der Waals surface area contributed by atoms with Crippen molar-refractivity contribution in [3.8, 4) is 0 Å². The van der Waals surface area contributed by atoms with Gasteiger partial charge in [0.2, 0.25) is 7.41 Å². The first-order valence-electron chi connectivity index (χ1n) is 6.88. The first-order valence-corrected chi connectivity index (χ1v) is 8.11. The molecule has 18 heavy (non-hydrogen) atoms. The average Bonchev–Trinajstić information content (AvgIpc) is 2.43. The molecule has 0 aromatic heterocycles. The Kier molecular flexibility index (Phi) is 6.87. The van der Waals surface area contributed by atoms with E-state index in [2.05, 4.69) is 70.4 Å². The Morgan fingerprint density at radius 1 is 1.17 bits per heavy atom. The minimum absolute atomic E-state index is 0.595. The predicted octanol–water partition coefficient (Wildman–Crippen LogP) is 3.55. The van der Waals surface area contributed by atoms with E-state index in [-0.39, 0.29) is 0 Å². The van der Waals surface area contributed by atoms with E-state index >= 15 is 0 Å². The molecule has 0 bridgehead atoms. The van der Waals surface area contributed by atoms with Gasteiger partial charge in [0.25, 0.3) is 0 Å². The Morgan fingerprint density at radius 2 is 1.78 bits per heavy atom. The highest BCUT2D eigenvalue weighted by Crippen LogP contribution is 2.13. The van der Waals surface area contributed by atoms with Crippen LogP contribution in [0.4, 0.5) is 0 Å². The number of thioether (sulfide) groups is 1. The topological polar surface area (TPSA) is 3.24 Å². The summed E-state index contributed by atoms with van der Waals surface area (Å²) >= 11 is 1.80. The molecule has 99 valence electrons. The lowest BCUT2D eigenvalue weighted by atomic mass is 9.77. The van der Waals surface area contributed by atoms with Crippen LogP contribution in [-0.2, 0) is 0 Å². The highest BCUT2D eigenvalue weighted by atomic mass is 32.2. The van der Waals surface area contributed by atoms with Crippen LogP contribution < -0.4 is 5.46 Å². The lowest BCUT2D eigenvalue weighted by Gasteiger charge is -2.33. The van der Waals surface area contributed by atoms with E-state index in [0.717, 1.165) is 0 Å². The van der Waals surface area contributed by atoms with Gasteiger partial charge >= 0.3 is 0 Å². The van der Waals surface area contributed by atoms with Gasteiger partial charge in [-0.2, -0.15) is 0 Å². The van der Waals surface area contributed by atoms with Crippen LogP contribution in [0.5, 0.6) is 0 Å². The number of hydrogen-bond donors (Lipinski definition) is 0. The Hall–Kier alpha value is -0.405. The van der Waals surface area contributed by atoms with Gasteiger partial charge in [-0.15, -0.1) is 11.8 Å². The molecule has 2 atom stereocenters. The van der Waals surface area contributed by atoms with Gasteiger partial charge in [0, 0.05) is 4.90 Å². The summed E-state index contributed by atoms with van der Waals surface area (Å²) in [5.74, 6) is 0. The molecule has 1 nitrogen and oxygen atoms in total. The minimum atomic E-state index is 0.595. The summed E-state index contributed by atoms with van der Waals surface area (Å²) in [6.45, 7) is 9.13. The zero-order chi connectivity index (χ0) is 13.5. The van der Waals surface area contributed by atoms with Crippen molar-refractivity contribution in [3.05, 3.63) is 24.3 Å². The highest BCUT2D eigenvalue weighted by Gasteiger charge is 2.19. The van der Waals surface area contributed by atoms with Crippen LogP contribution in [0.15, 0.2) is 29.2 Å². The second-order valence-electron chi connectivity index (χ2n) is 4.87. The summed E-state index contributed by atoms with van der Waals surface area (Å²) in [5, 5.41) is 0. The van der Waals surface area contributed by atoms with Crippen LogP contribution >= 0.6 is 11.8 Å². The normalized spacial score (nSPS) is 14.6. The van der Waals surface area contributed by atoms with Crippen molar-refractivity contribution < 1.29 is 0 Å². The second kappa shape index (κ2) is 7.91. The third-order valence-electron chi connectivity index (χ3n) is 3.59. The second-order valence-corrected chi connectivity index (χ2v) is 5.75. The maximum atomic E-state index is 2.50. The van der Waals surface area contributed by atoms with E-state index in [9.17, 15) is 0 Å². The van der Waals surface area contributed by atoms with E-state index in [1.54, 1.807) is 11.8 Å². The molecule has 0 saturated heterocycles. The zero-order valence-corrected chi connectivity index (χ0v) is 13.1. The van der Waals surface area contributed by atoms with Crippen LogP contribution in [0.3, 0.4) is 0 Å². The first-order chi connectivity index (χ1) is 8.62. The van der Waals surface area contributed by atoms with Crippen LogP contribution in [0, 0.1) is 0 Å². The van der Waals surface area contributed by atoms with Crippen molar-refractivity contribution in [2.45, 2.75) is 57.5 Å². The predicted molar refractivity (Wildman–Crippen MR) is 85.0 cm³/mol. The molecule has 0 aliphatic heterocycles. The molecule has 1 aromatic rings. The monoisotopic (exact) mass is 262 g/mol. The van der Waals surface area contributed by atoms with Crippen molar-refractivity contribution >= 4 is 24.6 Å². The quantitative estimate of drug-likeness (QED) is 0.546. The van der Waals surface area contributed by atoms with Gasteiger partial charge in [-0.1, -0.05) is 51.4 Å². The smallest absolute Gasteiger partial charge is 0.248 e. The molecule has 1 radical (unpaired) electrons. The average molecular weight is 262 g/mol. The van der Waals surface area contributed by atoms with Gasteiger partial charge in [0.05, 0.1) is 0 Å². The number of rotatable bonds is 7. The van der Waals surface area contributed by atoms with E-state index < -0.39 is 0 Å². The third-order valence-corrected chi connectivity index (χ3v) is 4.32. The summed E-state index contributed by atoms with van der Waals surface area (Å²) < 4.78 is 0. The zero-order valence-electron chi connectivity index (χ0n) is 12.3. The van der Waals surface area contributed by atoms with Crippen molar-refractivity contribution in [1.82, 2.24) is 4.81 Å². The molecule has 0 aliphatic carbocycles. The van der Waals surface area contributed by atoms with Crippen LogP contribution in [-0.4, -0.2) is 30.6 Å². The van der Waals surface area contributed by atoms with E-state index in [0.29, 0.717) is 12.1 Å². The molecule has 0 aliphatic rings. The van der Waals surface area contributed by atoms with Crippen LogP contribution in [0.2, 0.25) is 0 Å². The Balaban J connectivity index is 2.81. The lowest BCUT2D eigenvalue weighted by Crippen LogP contribution is -2.46. The van der Waals surface area contributed by atoms with Crippen LogP contribution in [0.1, 0.15) is 40.5 Å². The molecular formula is C15H25BNS. The molecule has 3 heteroatoms. The fraction of sp³-hybridized carbons (Fsp3) is 0.600. The van der Waals surface area contributed by atoms with Crippen molar-refractivity contribution in [2.75, 3.05) is 6.26 Å². The standard InChI is InChI=1S/C15H25BNS/c1-6-12(3)17(13(4)7-2)16-14-9-8-10-15(11-14)18-5/h8-13H,6-7H2,1-5H3. The fourth-order valence-electron chi connectivity index (χ4n) is 2.00. The van der Waals surface area contributed by atoms with Gasteiger partial charge in [0.15, 0.2) is 0 Å². The Bertz CT molecular complexity index is 346. The van der Waals surface area contributed by atoms with Gasteiger partial charge in [-0.3, -0.25) is 0 Å². The van der Waals surface area contributed by atoms with Gasteiger partial charge < -0.3 is 4.81 Å². The molecule has 0 fully saturated rings. The molecule has 0 amide bonds. The summed E-state index contributed by atoms with van der Waals surface area (Å²) in [7, 11) is 2.32. The molecule has 1 aromatic carbocycles. The highest BCUT2D eigenvalue weighted by molar-refractivity contribution is 7.98. The summed E-state index contributed by atoms with van der Waals surface area (Å²) in [6.07, 6.45) is 4.49. The molecule has 2 unspecified atom stereocenters. The molecular weight excluding hydrogens is 237 g/mol. The van der Waals surface area contributed by atoms with Gasteiger partial charge in [-0.05, 0) is 37.2 Å². The Labute approximate surface area is 118 Å². The number of benzene rings is 1. The minimum Gasteiger partial charge on any atom is -0.337 e. The van der Waals surface area contributed by atoms with E-state index in [4.69, 9.17) is 0 Å². The van der Waals surface area contributed by atoms with Crippen molar-refractivity contribution in [2.24, 2.45) is 0 Å². The van der Waals surface area contributed by atoms with E-state index in [1.165, 1.54) is 23.2 Å². The van der Waals surface area contributed by atoms with E-state index in [1.807, 2.05) is 0 Å². The van der Waals surface area contributed by atoms with Gasteiger partial charge in [-0.25, -0.2) is 0 Å². The van der Waals surface area contributed by atoms with Gasteiger partial charge in [0.1, 0.15) is 0 Å². The molecule has 1 rings (SSSR count). The third kappa shape index (κ3) is 4.36. The molecule has 0 saturated carbocycles. The molecule has 0 N–H and O–H groups in total. The first kappa shape index (κ1) is 15.7. The number of nitrogens with zero attached hydrogens (tertiary/aromatic N) is 1. The van der Waals surface area contributed by atoms with Crippen molar-refractivity contribution in [1.29, 1.82) is 0 Å². The maximum absolute atomic E-state index is 2.50. The number of hydrogen-bond acceptors (Lipinski definition) is 2. The molecule has 0 spiro atoms. The van der Waals surface area contributed by atoms with Crippen LogP contribution in [0.25, 0.3) is 0 Å². The summed E-state index contributed by atoms with van der Waals surface area (Å²) in [5.41, 5.74) is 1.31. The fourth-order valence-corrected chi connectivity index (χ4v) is 2.47. The maximum Gasteiger partial charge on any atom is 0.248 e. The largest absolute Gasteiger partial charge is 0.337 e.